The SMILES string of the molecule is C1CCC(c2noc(C3CCNC3)n2)C1.Cl. The average Bonchev–Trinajstić information content (AvgIpc) is 3.02. The fourth-order valence-corrected chi connectivity index (χ4v) is 2.63. The molecule has 1 atom stereocenters. The minimum Gasteiger partial charge on any atom is -0.339 e. The van der Waals surface area contributed by atoms with Crippen molar-refractivity contribution in [1.29, 1.82) is 0 Å². The zero-order chi connectivity index (χ0) is 10.1. The minimum atomic E-state index is 0. The highest BCUT2D eigenvalue weighted by atomic mass is 35.5. The maximum absolute atomic E-state index is 5.36. The predicted molar refractivity (Wildman–Crippen MR) is 63.0 cm³/mol. The molecule has 1 N–H and O–H groups in total. The molecule has 2 heterocycles. The normalized spacial score (nSPS) is 25.9. The molecule has 2 aliphatic rings. The standard InChI is InChI=1S/C11H17N3O.ClH/c1-2-4-8(3-1)10-13-11(15-14-10)9-5-6-12-7-9;/h8-9,12H,1-7H2;1H. The molecule has 0 bridgehead atoms. The summed E-state index contributed by atoms with van der Waals surface area (Å²) in [6, 6.07) is 0. The van der Waals surface area contributed by atoms with Crippen LogP contribution in [-0.4, -0.2) is 23.2 Å². The van der Waals surface area contributed by atoms with Gasteiger partial charge in [0.15, 0.2) is 5.82 Å². The van der Waals surface area contributed by atoms with E-state index in [2.05, 4.69) is 15.5 Å². The highest BCUT2D eigenvalue weighted by molar-refractivity contribution is 5.85. The van der Waals surface area contributed by atoms with Crippen LogP contribution in [0.25, 0.3) is 0 Å². The number of aromatic nitrogens is 2. The Hall–Kier alpha value is -0.610. The largest absolute Gasteiger partial charge is 0.339 e. The Kier molecular flexibility index (Phi) is 3.82. The van der Waals surface area contributed by atoms with E-state index < -0.39 is 0 Å². The Morgan fingerprint density at radius 2 is 1.94 bits per heavy atom. The van der Waals surface area contributed by atoms with Crippen molar-refractivity contribution in [2.45, 2.75) is 43.9 Å². The van der Waals surface area contributed by atoms with E-state index in [4.69, 9.17) is 4.52 Å². The van der Waals surface area contributed by atoms with Crippen LogP contribution in [0.15, 0.2) is 4.52 Å². The summed E-state index contributed by atoms with van der Waals surface area (Å²) in [6.07, 6.45) is 6.25. The van der Waals surface area contributed by atoms with Gasteiger partial charge in [0.25, 0.3) is 0 Å². The lowest BCUT2D eigenvalue weighted by Gasteiger charge is -2.01. The molecule has 2 fully saturated rings. The first-order valence-corrected chi connectivity index (χ1v) is 5.97. The zero-order valence-electron chi connectivity index (χ0n) is 9.32. The summed E-state index contributed by atoms with van der Waals surface area (Å²) in [5.74, 6) is 2.82. The van der Waals surface area contributed by atoms with Gasteiger partial charge >= 0.3 is 0 Å². The number of nitrogens with one attached hydrogen (secondary N) is 1. The monoisotopic (exact) mass is 243 g/mol. The molecule has 1 aliphatic heterocycles. The van der Waals surface area contributed by atoms with Crippen molar-refractivity contribution >= 4 is 12.4 Å². The van der Waals surface area contributed by atoms with Gasteiger partial charge in [-0.1, -0.05) is 18.0 Å². The summed E-state index contributed by atoms with van der Waals surface area (Å²) in [5, 5.41) is 7.45. The van der Waals surface area contributed by atoms with Gasteiger partial charge in [0.1, 0.15) is 0 Å². The summed E-state index contributed by atoms with van der Waals surface area (Å²) < 4.78 is 5.36. The van der Waals surface area contributed by atoms with Crippen LogP contribution in [0.5, 0.6) is 0 Å². The fourth-order valence-electron chi connectivity index (χ4n) is 2.63. The molecule has 1 aliphatic carbocycles. The van der Waals surface area contributed by atoms with Crippen molar-refractivity contribution in [1.82, 2.24) is 15.5 Å². The van der Waals surface area contributed by atoms with E-state index >= 15 is 0 Å². The minimum absolute atomic E-state index is 0. The second-order valence-corrected chi connectivity index (χ2v) is 4.66. The average molecular weight is 244 g/mol. The van der Waals surface area contributed by atoms with Crippen molar-refractivity contribution in [3.8, 4) is 0 Å². The quantitative estimate of drug-likeness (QED) is 0.866. The Labute approximate surface area is 102 Å². The zero-order valence-corrected chi connectivity index (χ0v) is 10.1. The maximum atomic E-state index is 5.36. The van der Waals surface area contributed by atoms with E-state index in [0.717, 1.165) is 31.2 Å². The fraction of sp³-hybridized carbons (Fsp3) is 0.818. The van der Waals surface area contributed by atoms with Crippen LogP contribution in [0.4, 0.5) is 0 Å². The van der Waals surface area contributed by atoms with Gasteiger partial charge in [0.2, 0.25) is 5.89 Å². The van der Waals surface area contributed by atoms with E-state index in [0.29, 0.717) is 11.8 Å². The van der Waals surface area contributed by atoms with E-state index in [1.165, 1.54) is 25.7 Å². The van der Waals surface area contributed by atoms with Crippen molar-refractivity contribution in [2.75, 3.05) is 13.1 Å². The first-order valence-electron chi connectivity index (χ1n) is 5.97. The number of rotatable bonds is 2. The highest BCUT2D eigenvalue weighted by Crippen LogP contribution is 2.33. The third-order valence-electron chi connectivity index (χ3n) is 3.59. The second-order valence-electron chi connectivity index (χ2n) is 4.66. The van der Waals surface area contributed by atoms with Crippen LogP contribution in [-0.2, 0) is 0 Å². The molecule has 3 rings (SSSR count). The summed E-state index contributed by atoms with van der Waals surface area (Å²) >= 11 is 0. The van der Waals surface area contributed by atoms with Gasteiger partial charge in [-0.05, 0) is 25.8 Å². The summed E-state index contributed by atoms with van der Waals surface area (Å²) in [7, 11) is 0. The molecule has 1 saturated heterocycles. The van der Waals surface area contributed by atoms with Crippen LogP contribution in [0.3, 0.4) is 0 Å². The topological polar surface area (TPSA) is 51.0 Å². The molecule has 0 radical (unpaired) electrons. The lowest BCUT2D eigenvalue weighted by atomic mass is 10.1. The molecule has 5 heteroatoms. The van der Waals surface area contributed by atoms with Crippen molar-refractivity contribution in [2.24, 2.45) is 0 Å². The summed E-state index contributed by atoms with van der Waals surface area (Å²) in [6.45, 7) is 2.07. The summed E-state index contributed by atoms with van der Waals surface area (Å²) in [4.78, 5) is 4.56. The lowest BCUT2D eigenvalue weighted by molar-refractivity contribution is 0.352. The Morgan fingerprint density at radius 3 is 2.62 bits per heavy atom. The van der Waals surface area contributed by atoms with Gasteiger partial charge in [-0.3, -0.25) is 0 Å². The van der Waals surface area contributed by atoms with Crippen molar-refractivity contribution in [3.05, 3.63) is 11.7 Å². The van der Waals surface area contributed by atoms with E-state index in [1.807, 2.05) is 0 Å². The highest BCUT2D eigenvalue weighted by Gasteiger charge is 2.26. The Morgan fingerprint density at radius 1 is 1.12 bits per heavy atom. The van der Waals surface area contributed by atoms with Gasteiger partial charge < -0.3 is 9.84 Å². The Bertz CT molecular complexity index is 299. The smallest absolute Gasteiger partial charge is 0.231 e. The molecule has 90 valence electrons. The molecule has 1 aromatic rings. The molecule has 0 aromatic carbocycles. The lowest BCUT2D eigenvalue weighted by Crippen LogP contribution is -2.08. The van der Waals surface area contributed by atoms with Crippen molar-refractivity contribution < 1.29 is 4.52 Å². The van der Waals surface area contributed by atoms with E-state index in [1.54, 1.807) is 0 Å². The van der Waals surface area contributed by atoms with Crippen molar-refractivity contribution in [3.63, 3.8) is 0 Å². The number of halogens is 1. The molecular weight excluding hydrogens is 226 g/mol. The first-order chi connectivity index (χ1) is 7.43. The second kappa shape index (κ2) is 5.15. The molecule has 0 spiro atoms. The van der Waals surface area contributed by atoms with Gasteiger partial charge in [-0.15, -0.1) is 12.4 Å². The van der Waals surface area contributed by atoms with E-state index in [-0.39, 0.29) is 12.4 Å². The van der Waals surface area contributed by atoms with Crippen LogP contribution in [0.2, 0.25) is 0 Å². The van der Waals surface area contributed by atoms with Crippen LogP contribution >= 0.6 is 12.4 Å². The molecule has 0 amide bonds. The van der Waals surface area contributed by atoms with Gasteiger partial charge in [-0.25, -0.2) is 0 Å². The van der Waals surface area contributed by atoms with Gasteiger partial charge in [-0.2, -0.15) is 4.98 Å². The molecule has 1 unspecified atom stereocenters. The third-order valence-corrected chi connectivity index (χ3v) is 3.59. The number of nitrogens with zero attached hydrogens (tertiary/aromatic N) is 2. The molecular formula is C11H18ClN3O. The number of hydrogen-bond acceptors (Lipinski definition) is 4. The molecule has 4 nitrogen and oxygen atoms in total. The first kappa shape index (κ1) is 11.9. The van der Waals surface area contributed by atoms with Crippen LogP contribution < -0.4 is 5.32 Å². The van der Waals surface area contributed by atoms with Crippen LogP contribution in [0, 0.1) is 0 Å². The maximum Gasteiger partial charge on any atom is 0.231 e. The van der Waals surface area contributed by atoms with Crippen LogP contribution in [0.1, 0.15) is 55.7 Å². The van der Waals surface area contributed by atoms with E-state index in [9.17, 15) is 0 Å². The predicted octanol–water partition coefficient (Wildman–Crippen LogP) is 2.23. The summed E-state index contributed by atoms with van der Waals surface area (Å²) in [5.41, 5.74) is 0. The molecule has 1 saturated carbocycles. The number of hydrogen-bond donors (Lipinski definition) is 1. The Balaban J connectivity index is 0.000000963. The molecule has 16 heavy (non-hydrogen) atoms. The third kappa shape index (κ3) is 2.23. The van der Waals surface area contributed by atoms with Gasteiger partial charge in [0, 0.05) is 12.5 Å². The molecule has 1 aromatic heterocycles. The van der Waals surface area contributed by atoms with Gasteiger partial charge in [0.05, 0.1) is 5.92 Å².